The van der Waals surface area contributed by atoms with Crippen LogP contribution < -0.4 is 5.32 Å². The Bertz CT molecular complexity index is 817. The molecule has 1 aromatic rings. The van der Waals surface area contributed by atoms with Gasteiger partial charge < -0.3 is 24.4 Å². The minimum Gasteiger partial charge on any atom is -0.468 e. The van der Waals surface area contributed by atoms with Crippen LogP contribution in [0.4, 0.5) is 4.79 Å². The number of nitrogens with zero attached hydrogens (tertiary/aromatic N) is 1. The highest BCUT2D eigenvalue weighted by Gasteiger charge is 2.36. The highest BCUT2D eigenvalue weighted by Crippen LogP contribution is 2.16. The number of esters is 2. The summed E-state index contributed by atoms with van der Waals surface area (Å²) in [4.78, 5) is 58.5. The fourth-order valence-corrected chi connectivity index (χ4v) is 3.26. The van der Waals surface area contributed by atoms with Gasteiger partial charge in [0, 0.05) is 39.0 Å². The summed E-state index contributed by atoms with van der Waals surface area (Å²) in [5, 5.41) is 2.96. The summed E-state index contributed by atoms with van der Waals surface area (Å²) >= 11 is 0. The van der Waals surface area contributed by atoms with Gasteiger partial charge in [0.2, 0.25) is 0 Å². The number of carbonyl (C=O) groups excluding carboxylic acids is 5. The third-order valence-electron chi connectivity index (χ3n) is 5.14. The van der Waals surface area contributed by atoms with Crippen molar-refractivity contribution >= 4 is 42.0 Å². The molecule has 0 spiro atoms. The normalized spacial score (nSPS) is 19.9. The number of nitrogens with one attached hydrogen (secondary N) is 1. The van der Waals surface area contributed by atoms with Crippen LogP contribution in [-0.4, -0.2) is 74.9 Å². The molecular formula is C22H29ClN2O8. The zero-order chi connectivity index (χ0) is 23.5. The molecule has 182 valence electrons. The first kappa shape index (κ1) is 28.1. The Morgan fingerprint density at radius 3 is 2.18 bits per heavy atom. The van der Waals surface area contributed by atoms with Crippen molar-refractivity contribution in [3.05, 3.63) is 35.9 Å². The highest BCUT2D eigenvalue weighted by molar-refractivity contribution is 6.00. The van der Waals surface area contributed by atoms with Crippen LogP contribution in [0.5, 0.6) is 0 Å². The second-order valence-corrected chi connectivity index (χ2v) is 7.27. The second-order valence-electron chi connectivity index (χ2n) is 7.27. The summed E-state index contributed by atoms with van der Waals surface area (Å²) in [6.45, 7) is 1.53. The maximum absolute atomic E-state index is 12.0. The molecule has 0 bridgehead atoms. The molecule has 0 saturated carbocycles. The van der Waals surface area contributed by atoms with Gasteiger partial charge in [-0.3, -0.25) is 19.2 Å². The van der Waals surface area contributed by atoms with Crippen molar-refractivity contribution in [2.45, 2.75) is 19.4 Å². The number of Topliss-reactive ketones (excluding diaryl/α,β-unsaturated/α-hetero) is 2. The standard InChI is InChI=1S/C15H17NO5.C7H11NO3.ClH/c1-20-14(18)12-9-16(8-7-13(12)17)15(19)21-10-11-5-3-2-4-6-11;1-11-7(10)5-4-8-3-2-6(5)9;/h2-6,12H,7-10H2,1H3;5,8H,2-4H2,1H3;1H. The first-order chi connectivity index (χ1) is 15.4. The largest absolute Gasteiger partial charge is 0.468 e. The summed E-state index contributed by atoms with van der Waals surface area (Å²) in [5.41, 5.74) is 0.878. The quantitative estimate of drug-likeness (QED) is 0.380. The van der Waals surface area contributed by atoms with E-state index < -0.39 is 29.9 Å². The van der Waals surface area contributed by atoms with Crippen molar-refractivity contribution in [2.24, 2.45) is 11.8 Å². The number of piperidine rings is 2. The Morgan fingerprint density at radius 2 is 1.58 bits per heavy atom. The average Bonchev–Trinajstić information content (AvgIpc) is 2.83. The Kier molecular flexibility index (Phi) is 12.1. The van der Waals surface area contributed by atoms with Crippen molar-refractivity contribution in [3.8, 4) is 0 Å². The number of ketones is 2. The van der Waals surface area contributed by atoms with E-state index in [-0.39, 0.29) is 50.1 Å². The van der Waals surface area contributed by atoms with Crippen molar-refractivity contribution in [2.75, 3.05) is 40.4 Å². The maximum atomic E-state index is 12.0. The van der Waals surface area contributed by atoms with Crippen molar-refractivity contribution < 1.29 is 38.2 Å². The van der Waals surface area contributed by atoms with E-state index in [0.717, 1.165) is 5.56 Å². The SMILES string of the molecule is COC(=O)C1CN(C(=O)OCc2ccccc2)CCC1=O.COC(=O)C1CNCCC1=O.Cl. The topological polar surface area (TPSA) is 128 Å². The molecule has 0 aliphatic carbocycles. The van der Waals surface area contributed by atoms with E-state index in [1.807, 2.05) is 30.3 Å². The maximum Gasteiger partial charge on any atom is 0.410 e. The van der Waals surface area contributed by atoms with E-state index in [9.17, 15) is 24.0 Å². The molecule has 0 radical (unpaired) electrons. The smallest absolute Gasteiger partial charge is 0.410 e. The molecule has 2 heterocycles. The zero-order valence-electron chi connectivity index (χ0n) is 18.6. The molecule has 2 atom stereocenters. The van der Waals surface area contributed by atoms with Crippen LogP contribution in [0.15, 0.2) is 30.3 Å². The van der Waals surface area contributed by atoms with Crippen LogP contribution in [0.1, 0.15) is 18.4 Å². The molecule has 2 aliphatic rings. The summed E-state index contributed by atoms with van der Waals surface area (Å²) in [6.07, 6.45) is 0.0419. The third kappa shape index (κ3) is 8.47. The number of halogens is 1. The van der Waals surface area contributed by atoms with Gasteiger partial charge in [0.25, 0.3) is 0 Å². The number of hydrogen-bond acceptors (Lipinski definition) is 9. The molecule has 33 heavy (non-hydrogen) atoms. The van der Waals surface area contributed by atoms with E-state index in [0.29, 0.717) is 19.5 Å². The van der Waals surface area contributed by atoms with Gasteiger partial charge in [0.15, 0.2) is 5.78 Å². The summed E-state index contributed by atoms with van der Waals surface area (Å²) in [5.74, 6) is -2.74. The number of carbonyl (C=O) groups is 5. The highest BCUT2D eigenvalue weighted by atomic mass is 35.5. The molecule has 2 saturated heterocycles. The van der Waals surface area contributed by atoms with Crippen LogP contribution in [0.2, 0.25) is 0 Å². The molecule has 2 fully saturated rings. The van der Waals surface area contributed by atoms with Crippen LogP contribution in [0.25, 0.3) is 0 Å². The number of ether oxygens (including phenoxy) is 3. The Labute approximate surface area is 198 Å². The molecule has 0 aromatic heterocycles. The molecule has 2 unspecified atom stereocenters. The average molecular weight is 485 g/mol. The molecule has 1 N–H and O–H groups in total. The molecule has 11 heteroatoms. The minimum atomic E-state index is -0.909. The van der Waals surface area contributed by atoms with E-state index in [1.54, 1.807) is 0 Å². The zero-order valence-corrected chi connectivity index (χ0v) is 19.4. The van der Waals surface area contributed by atoms with Gasteiger partial charge in [-0.05, 0) is 5.56 Å². The lowest BCUT2D eigenvalue weighted by Gasteiger charge is -2.29. The van der Waals surface area contributed by atoms with Gasteiger partial charge in [-0.25, -0.2) is 4.79 Å². The fraction of sp³-hybridized carbons (Fsp3) is 0.500. The predicted octanol–water partition coefficient (Wildman–Crippen LogP) is 1.15. The van der Waals surface area contributed by atoms with Gasteiger partial charge in [0.05, 0.1) is 14.2 Å². The number of benzene rings is 1. The van der Waals surface area contributed by atoms with E-state index in [2.05, 4.69) is 14.8 Å². The molecule has 2 aliphatic heterocycles. The first-order valence-corrected chi connectivity index (χ1v) is 10.2. The Hall–Kier alpha value is -2.98. The lowest BCUT2D eigenvalue weighted by molar-refractivity contribution is -0.152. The number of likely N-dealkylation sites (tertiary alicyclic amines) is 1. The minimum absolute atomic E-state index is 0. The van der Waals surface area contributed by atoms with E-state index >= 15 is 0 Å². The van der Waals surface area contributed by atoms with Crippen molar-refractivity contribution in [3.63, 3.8) is 0 Å². The summed E-state index contributed by atoms with van der Waals surface area (Å²) in [6, 6.07) is 9.29. The second kappa shape index (κ2) is 14.2. The first-order valence-electron chi connectivity index (χ1n) is 10.2. The third-order valence-corrected chi connectivity index (χ3v) is 5.14. The molecule has 1 aromatic carbocycles. The number of methoxy groups -OCH3 is 2. The number of hydrogen-bond donors (Lipinski definition) is 1. The van der Waals surface area contributed by atoms with Crippen LogP contribution in [-0.2, 0) is 40.0 Å². The van der Waals surface area contributed by atoms with Crippen LogP contribution >= 0.6 is 12.4 Å². The Morgan fingerprint density at radius 1 is 0.970 bits per heavy atom. The van der Waals surface area contributed by atoms with Gasteiger partial charge in [-0.1, -0.05) is 30.3 Å². The van der Waals surface area contributed by atoms with Crippen molar-refractivity contribution in [1.29, 1.82) is 0 Å². The Balaban J connectivity index is 0.000000385. The lowest BCUT2D eigenvalue weighted by atomic mass is 9.97. The summed E-state index contributed by atoms with van der Waals surface area (Å²) in [7, 11) is 2.52. The van der Waals surface area contributed by atoms with Crippen molar-refractivity contribution in [1.82, 2.24) is 10.2 Å². The summed E-state index contributed by atoms with van der Waals surface area (Å²) < 4.78 is 14.2. The molecule has 1 amide bonds. The van der Waals surface area contributed by atoms with E-state index in [1.165, 1.54) is 19.1 Å². The molecule has 3 rings (SSSR count). The molecule has 10 nitrogen and oxygen atoms in total. The van der Waals surface area contributed by atoms with Crippen LogP contribution in [0, 0.1) is 11.8 Å². The number of rotatable bonds is 4. The monoisotopic (exact) mass is 484 g/mol. The van der Waals surface area contributed by atoms with Gasteiger partial charge in [-0.2, -0.15) is 0 Å². The van der Waals surface area contributed by atoms with Gasteiger partial charge in [0.1, 0.15) is 24.2 Å². The van der Waals surface area contributed by atoms with Gasteiger partial charge >= 0.3 is 18.0 Å². The van der Waals surface area contributed by atoms with Crippen LogP contribution in [0.3, 0.4) is 0 Å². The fourth-order valence-electron chi connectivity index (χ4n) is 3.26. The van der Waals surface area contributed by atoms with Gasteiger partial charge in [-0.15, -0.1) is 12.4 Å². The number of amides is 1. The van der Waals surface area contributed by atoms with E-state index in [4.69, 9.17) is 4.74 Å². The molecular weight excluding hydrogens is 456 g/mol. The predicted molar refractivity (Wildman–Crippen MR) is 119 cm³/mol. The lowest BCUT2D eigenvalue weighted by Crippen LogP contribution is -2.47.